The second kappa shape index (κ2) is 8.99. The summed E-state index contributed by atoms with van der Waals surface area (Å²) in [5.41, 5.74) is 4.06. The SMILES string of the molecule is CNC(=O)c1cc([C@@H]2CCN(C(=O)COCc3nc4ccccc4[nH]3)C2)nc2ccccc12. The molecule has 2 amide bonds. The number of H-pyrrole nitrogens is 1. The topological polar surface area (TPSA) is 100 Å². The number of amides is 2. The molecule has 1 aliphatic heterocycles. The average Bonchev–Trinajstić information content (AvgIpc) is 3.50. The molecule has 168 valence electrons. The summed E-state index contributed by atoms with van der Waals surface area (Å²) in [6.07, 6.45) is 0.799. The molecule has 1 fully saturated rings. The number of hydrogen-bond donors (Lipinski definition) is 2. The lowest BCUT2D eigenvalue weighted by Crippen LogP contribution is -2.32. The van der Waals surface area contributed by atoms with Gasteiger partial charge in [0.25, 0.3) is 5.91 Å². The zero-order valence-electron chi connectivity index (χ0n) is 18.4. The van der Waals surface area contributed by atoms with Crippen LogP contribution in [-0.4, -0.2) is 58.4 Å². The van der Waals surface area contributed by atoms with Crippen molar-refractivity contribution in [1.82, 2.24) is 25.2 Å². The summed E-state index contributed by atoms with van der Waals surface area (Å²) in [6, 6.07) is 17.3. The van der Waals surface area contributed by atoms with Gasteiger partial charge in [0, 0.05) is 37.1 Å². The minimum absolute atomic E-state index is 0.00158. The predicted molar refractivity (Wildman–Crippen MR) is 125 cm³/mol. The standard InChI is InChI=1S/C25H25N5O3/c1-26-25(32)18-12-22(27-19-7-3-2-6-17(18)19)16-10-11-30(13-16)24(31)15-33-14-23-28-20-8-4-5-9-21(20)29-23/h2-9,12,16H,10-11,13-15H2,1H3,(H,26,32)(H,28,29)/t16-/m1/s1. The molecule has 2 aromatic carbocycles. The van der Waals surface area contributed by atoms with E-state index in [1.54, 1.807) is 11.9 Å². The molecule has 3 heterocycles. The highest BCUT2D eigenvalue weighted by molar-refractivity contribution is 6.06. The van der Waals surface area contributed by atoms with Crippen LogP contribution >= 0.6 is 0 Å². The van der Waals surface area contributed by atoms with Gasteiger partial charge in [0.1, 0.15) is 19.0 Å². The van der Waals surface area contributed by atoms with Gasteiger partial charge < -0.3 is 19.9 Å². The maximum atomic E-state index is 12.7. The van der Waals surface area contributed by atoms with E-state index in [-0.39, 0.29) is 30.9 Å². The number of imidazole rings is 1. The van der Waals surface area contributed by atoms with E-state index in [0.29, 0.717) is 24.5 Å². The lowest BCUT2D eigenvalue weighted by molar-refractivity contribution is -0.135. The lowest BCUT2D eigenvalue weighted by atomic mass is 9.99. The Labute approximate surface area is 191 Å². The van der Waals surface area contributed by atoms with E-state index in [9.17, 15) is 9.59 Å². The number of rotatable bonds is 6. The fourth-order valence-electron chi connectivity index (χ4n) is 4.36. The average molecular weight is 444 g/mol. The van der Waals surface area contributed by atoms with Crippen molar-refractivity contribution in [2.75, 3.05) is 26.7 Å². The van der Waals surface area contributed by atoms with Gasteiger partial charge in [0.2, 0.25) is 5.91 Å². The van der Waals surface area contributed by atoms with Gasteiger partial charge in [-0.05, 0) is 30.7 Å². The number of carbonyl (C=O) groups is 2. The predicted octanol–water partition coefficient (Wildman–Crippen LogP) is 3.00. The van der Waals surface area contributed by atoms with Crippen LogP contribution < -0.4 is 5.32 Å². The first-order valence-corrected chi connectivity index (χ1v) is 11.0. The van der Waals surface area contributed by atoms with Gasteiger partial charge in [-0.3, -0.25) is 14.6 Å². The Morgan fingerprint density at radius 3 is 2.73 bits per heavy atom. The number of aromatic nitrogens is 3. The maximum Gasteiger partial charge on any atom is 0.251 e. The quantitative estimate of drug-likeness (QED) is 0.477. The van der Waals surface area contributed by atoms with Gasteiger partial charge >= 0.3 is 0 Å². The molecule has 2 aromatic heterocycles. The fraction of sp³-hybridized carbons (Fsp3) is 0.280. The van der Waals surface area contributed by atoms with Crippen LogP contribution in [0.25, 0.3) is 21.9 Å². The Kier molecular flexibility index (Phi) is 5.75. The van der Waals surface area contributed by atoms with E-state index in [2.05, 4.69) is 15.3 Å². The number of ether oxygens (including phenoxy) is 1. The molecule has 0 saturated carbocycles. The molecule has 8 heteroatoms. The smallest absolute Gasteiger partial charge is 0.251 e. The Morgan fingerprint density at radius 1 is 1.12 bits per heavy atom. The molecule has 0 unspecified atom stereocenters. The molecule has 1 aliphatic rings. The molecule has 1 saturated heterocycles. The van der Waals surface area contributed by atoms with Crippen molar-refractivity contribution < 1.29 is 14.3 Å². The van der Waals surface area contributed by atoms with Crippen LogP contribution in [0.5, 0.6) is 0 Å². The first kappa shape index (κ1) is 21.1. The van der Waals surface area contributed by atoms with Crippen LogP contribution in [0.1, 0.15) is 34.2 Å². The number of pyridine rings is 1. The van der Waals surface area contributed by atoms with E-state index >= 15 is 0 Å². The van der Waals surface area contributed by atoms with Crippen molar-refractivity contribution in [2.24, 2.45) is 0 Å². The normalized spacial score (nSPS) is 15.9. The van der Waals surface area contributed by atoms with E-state index < -0.39 is 0 Å². The van der Waals surface area contributed by atoms with Crippen molar-refractivity contribution in [2.45, 2.75) is 18.9 Å². The number of fused-ring (bicyclic) bond motifs is 2. The van der Waals surface area contributed by atoms with Crippen LogP contribution in [0.15, 0.2) is 54.6 Å². The molecule has 33 heavy (non-hydrogen) atoms. The van der Waals surface area contributed by atoms with E-state index in [0.717, 1.165) is 34.1 Å². The summed E-state index contributed by atoms with van der Waals surface area (Å²) >= 11 is 0. The van der Waals surface area contributed by atoms with Crippen molar-refractivity contribution in [3.05, 3.63) is 71.7 Å². The third kappa shape index (κ3) is 4.29. The van der Waals surface area contributed by atoms with E-state index in [1.165, 1.54) is 0 Å². The van der Waals surface area contributed by atoms with Crippen molar-refractivity contribution in [3.63, 3.8) is 0 Å². The third-order valence-corrected chi connectivity index (χ3v) is 6.07. The van der Waals surface area contributed by atoms with Crippen molar-refractivity contribution >= 4 is 33.8 Å². The van der Waals surface area contributed by atoms with E-state index in [4.69, 9.17) is 9.72 Å². The third-order valence-electron chi connectivity index (χ3n) is 6.07. The monoisotopic (exact) mass is 443 g/mol. The molecule has 2 N–H and O–H groups in total. The number of nitrogens with zero attached hydrogens (tertiary/aromatic N) is 3. The largest absolute Gasteiger partial charge is 0.364 e. The highest BCUT2D eigenvalue weighted by atomic mass is 16.5. The molecule has 4 aromatic rings. The first-order chi connectivity index (χ1) is 16.1. The van der Waals surface area contributed by atoms with Crippen LogP contribution in [0.2, 0.25) is 0 Å². The first-order valence-electron chi connectivity index (χ1n) is 11.0. The maximum absolute atomic E-state index is 12.7. The molecule has 0 spiro atoms. The summed E-state index contributed by atoms with van der Waals surface area (Å²) in [7, 11) is 1.62. The van der Waals surface area contributed by atoms with Gasteiger partial charge in [0.15, 0.2) is 0 Å². The van der Waals surface area contributed by atoms with Crippen LogP contribution in [0, 0.1) is 0 Å². The number of benzene rings is 2. The number of aromatic amines is 1. The highest BCUT2D eigenvalue weighted by Crippen LogP contribution is 2.29. The molecule has 0 aliphatic carbocycles. The summed E-state index contributed by atoms with van der Waals surface area (Å²) < 4.78 is 5.63. The number of hydrogen-bond acceptors (Lipinski definition) is 5. The van der Waals surface area contributed by atoms with Crippen molar-refractivity contribution in [3.8, 4) is 0 Å². The molecular formula is C25H25N5O3. The van der Waals surface area contributed by atoms with Gasteiger partial charge in [0.05, 0.1) is 22.1 Å². The molecule has 0 bridgehead atoms. The lowest BCUT2D eigenvalue weighted by Gasteiger charge is -2.17. The molecule has 1 atom stereocenters. The highest BCUT2D eigenvalue weighted by Gasteiger charge is 2.29. The number of likely N-dealkylation sites (tertiary alicyclic amines) is 1. The fourth-order valence-corrected chi connectivity index (χ4v) is 4.36. The minimum atomic E-state index is -0.139. The Hall–Kier alpha value is -3.78. The number of nitrogens with one attached hydrogen (secondary N) is 2. The summed E-state index contributed by atoms with van der Waals surface area (Å²) in [5, 5.41) is 3.53. The summed E-state index contributed by atoms with van der Waals surface area (Å²) in [4.78, 5) is 39.4. The molecular weight excluding hydrogens is 418 g/mol. The van der Waals surface area contributed by atoms with Gasteiger partial charge in [-0.2, -0.15) is 0 Å². The molecule has 0 radical (unpaired) electrons. The number of carbonyl (C=O) groups excluding carboxylic acids is 2. The molecule has 5 rings (SSSR count). The second-order valence-corrected chi connectivity index (χ2v) is 8.21. The Morgan fingerprint density at radius 2 is 1.91 bits per heavy atom. The van der Waals surface area contributed by atoms with E-state index in [1.807, 2.05) is 54.6 Å². The van der Waals surface area contributed by atoms with Gasteiger partial charge in [-0.25, -0.2) is 4.98 Å². The van der Waals surface area contributed by atoms with Crippen molar-refractivity contribution in [1.29, 1.82) is 0 Å². The second-order valence-electron chi connectivity index (χ2n) is 8.21. The van der Waals surface area contributed by atoms with Crippen LogP contribution in [0.4, 0.5) is 0 Å². The Balaban J connectivity index is 1.23. The molecule has 8 nitrogen and oxygen atoms in total. The summed E-state index contributed by atoms with van der Waals surface area (Å²) in [6.45, 7) is 1.45. The van der Waals surface area contributed by atoms with Gasteiger partial charge in [-0.15, -0.1) is 0 Å². The minimum Gasteiger partial charge on any atom is -0.364 e. The zero-order chi connectivity index (χ0) is 22.8. The van der Waals surface area contributed by atoms with Crippen LogP contribution in [-0.2, 0) is 16.1 Å². The van der Waals surface area contributed by atoms with Gasteiger partial charge in [-0.1, -0.05) is 30.3 Å². The summed E-state index contributed by atoms with van der Waals surface area (Å²) in [5.74, 6) is 0.586. The zero-order valence-corrected chi connectivity index (χ0v) is 18.4. The van der Waals surface area contributed by atoms with Crippen LogP contribution in [0.3, 0.4) is 0 Å². The Bertz CT molecular complexity index is 1300. The number of para-hydroxylation sites is 3.